The van der Waals surface area contributed by atoms with Crippen LogP contribution in [0.3, 0.4) is 0 Å². The third-order valence-electron chi connectivity index (χ3n) is 2.14. The van der Waals surface area contributed by atoms with E-state index in [-0.39, 0.29) is 11.8 Å². The van der Waals surface area contributed by atoms with E-state index in [1.54, 1.807) is 31.3 Å². The number of nitrogens with zero attached hydrogens (tertiary/aromatic N) is 2. The highest BCUT2D eigenvalue weighted by molar-refractivity contribution is 5.86. The number of aromatic nitrogens is 2. The number of nitrogens with one attached hydrogen (secondary N) is 2. The Bertz CT molecular complexity index is 361. The minimum Gasteiger partial charge on any atom is -0.345 e. The van der Waals surface area contributed by atoms with Gasteiger partial charge < -0.3 is 10.2 Å². The number of hydrogen-bond acceptors (Lipinski definition) is 3. The molecule has 0 saturated heterocycles. The van der Waals surface area contributed by atoms with E-state index in [1.165, 1.54) is 6.92 Å². The topological polar surface area (TPSA) is 78.1 Å². The van der Waals surface area contributed by atoms with Crippen molar-refractivity contribution in [2.24, 2.45) is 0 Å². The quantitative estimate of drug-likeness (QED) is 0.749. The molecular formula is C10H16N4O2. The zero-order chi connectivity index (χ0) is 12.1. The van der Waals surface area contributed by atoms with E-state index in [9.17, 15) is 9.59 Å². The first kappa shape index (κ1) is 12.2. The van der Waals surface area contributed by atoms with Crippen molar-refractivity contribution in [1.82, 2.24) is 20.4 Å². The molecule has 1 aromatic heterocycles. The number of aromatic amines is 1. The molecule has 88 valence electrons. The Hall–Kier alpha value is -1.85. The minimum atomic E-state index is -0.505. The summed E-state index contributed by atoms with van der Waals surface area (Å²) in [5, 5.41) is 9.02. The van der Waals surface area contributed by atoms with Crippen LogP contribution in [0, 0.1) is 0 Å². The molecule has 0 aliphatic carbocycles. The molecule has 6 heteroatoms. The summed E-state index contributed by atoms with van der Waals surface area (Å²) < 4.78 is 0. The van der Waals surface area contributed by atoms with Gasteiger partial charge in [0, 0.05) is 32.3 Å². The van der Waals surface area contributed by atoms with Crippen LogP contribution in [0.15, 0.2) is 12.4 Å². The van der Waals surface area contributed by atoms with Crippen molar-refractivity contribution in [3.8, 4) is 0 Å². The molecular weight excluding hydrogens is 208 g/mol. The smallest absolute Gasteiger partial charge is 0.244 e. The molecule has 0 spiro atoms. The number of carbonyl (C=O) groups excluding carboxylic acids is 2. The molecule has 0 aliphatic heterocycles. The third kappa shape index (κ3) is 3.38. The predicted octanol–water partition coefficient (Wildman–Crippen LogP) is -0.107. The maximum Gasteiger partial charge on any atom is 0.244 e. The molecule has 1 atom stereocenters. The normalized spacial score (nSPS) is 11.9. The van der Waals surface area contributed by atoms with E-state index in [2.05, 4.69) is 15.5 Å². The first-order valence-corrected chi connectivity index (χ1v) is 5.00. The minimum absolute atomic E-state index is 0.128. The predicted molar refractivity (Wildman–Crippen MR) is 58.3 cm³/mol. The highest BCUT2D eigenvalue weighted by Crippen LogP contribution is 2.01. The fourth-order valence-electron chi connectivity index (χ4n) is 1.41. The van der Waals surface area contributed by atoms with Gasteiger partial charge in [-0.25, -0.2) is 0 Å². The van der Waals surface area contributed by atoms with Gasteiger partial charge in [-0.1, -0.05) is 0 Å². The summed E-state index contributed by atoms with van der Waals surface area (Å²) in [6.07, 6.45) is 3.39. The van der Waals surface area contributed by atoms with Crippen LogP contribution in [0.1, 0.15) is 19.4 Å². The molecule has 2 N–H and O–H groups in total. The van der Waals surface area contributed by atoms with Crippen LogP contribution < -0.4 is 5.32 Å². The molecule has 0 fully saturated rings. The summed E-state index contributed by atoms with van der Waals surface area (Å²) in [5.41, 5.74) is 0.922. The highest BCUT2D eigenvalue weighted by Gasteiger charge is 2.18. The van der Waals surface area contributed by atoms with E-state index in [1.807, 2.05) is 0 Å². The summed E-state index contributed by atoms with van der Waals surface area (Å²) in [6, 6.07) is -0.505. The molecule has 1 heterocycles. The van der Waals surface area contributed by atoms with Crippen LogP contribution in [0.4, 0.5) is 0 Å². The van der Waals surface area contributed by atoms with Crippen molar-refractivity contribution in [3.05, 3.63) is 18.0 Å². The SMILES string of the molecule is CC(=O)NC(C)C(=O)N(C)Cc1cn[nH]c1. The third-order valence-corrected chi connectivity index (χ3v) is 2.14. The Morgan fingerprint density at radius 2 is 2.31 bits per heavy atom. The summed E-state index contributed by atoms with van der Waals surface area (Å²) in [4.78, 5) is 24.1. The second-order valence-corrected chi connectivity index (χ2v) is 3.72. The molecule has 1 rings (SSSR count). The Kier molecular flexibility index (Phi) is 4.04. The van der Waals surface area contributed by atoms with Crippen LogP contribution in [-0.2, 0) is 16.1 Å². The lowest BCUT2D eigenvalue weighted by molar-refractivity contribution is -0.134. The molecule has 0 bridgehead atoms. The van der Waals surface area contributed by atoms with Gasteiger partial charge in [-0.05, 0) is 6.92 Å². The molecule has 2 amide bonds. The summed E-state index contributed by atoms with van der Waals surface area (Å²) in [5.74, 6) is -0.339. The second-order valence-electron chi connectivity index (χ2n) is 3.72. The zero-order valence-electron chi connectivity index (χ0n) is 9.65. The van der Waals surface area contributed by atoms with Crippen LogP contribution >= 0.6 is 0 Å². The number of rotatable bonds is 4. The average Bonchev–Trinajstić information content (AvgIpc) is 2.68. The molecule has 1 unspecified atom stereocenters. The number of likely N-dealkylation sites (N-methyl/N-ethyl adjacent to an activating group) is 1. The highest BCUT2D eigenvalue weighted by atomic mass is 16.2. The Balaban J connectivity index is 2.50. The fourth-order valence-corrected chi connectivity index (χ4v) is 1.41. The lowest BCUT2D eigenvalue weighted by Crippen LogP contribution is -2.44. The molecule has 16 heavy (non-hydrogen) atoms. The number of amides is 2. The summed E-state index contributed by atoms with van der Waals surface area (Å²) in [7, 11) is 1.69. The Morgan fingerprint density at radius 3 is 2.81 bits per heavy atom. The second kappa shape index (κ2) is 5.29. The van der Waals surface area contributed by atoms with Gasteiger partial charge in [-0.2, -0.15) is 5.10 Å². The Morgan fingerprint density at radius 1 is 1.62 bits per heavy atom. The molecule has 0 aliphatic rings. The fraction of sp³-hybridized carbons (Fsp3) is 0.500. The Labute approximate surface area is 94.0 Å². The van der Waals surface area contributed by atoms with E-state index in [0.717, 1.165) is 5.56 Å². The molecule has 1 aromatic rings. The van der Waals surface area contributed by atoms with Crippen LogP contribution in [-0.4, -0.2) is 40.0 Å². The van der Waals surface area contributed by atoms with Gasteiger partial charge in [0.2, 0.25) is 11.8 Å². The zero-order valence-corrected chi connectivity index (χ0v) is 9.65. The van der Waals surface area contributed by atoms with Gasteiger partial charge >= 0.3 is 0 Å². The van der Waals surface area contributed by atoms with Crippen molar-refractivity contribution in [1.29, 1.82) is 0 Å². The molecule has 0 radical (unpaired) electrons. The van der Waals surface area contributed by atoms with E-state index in [4.69, 9.17) is 0 Å². The van der Waals surface area contributed by atoms with Gasteiger partial charge in [0.25, 0.3) is 0 Å². The van der Waals surface area contributed by atoms with Gasteiger partial charge in [-0.3, -0.25) is 14.7 Å². The van der Waals surface area contributed by atoms with Crippen molar-refractivity contribution < 1.29 is 9.59 Å². The number of hydrogen-bond donors (Lipinski definition) is 2. The molecule has 0 saturated carbocycles. The van der Waals surface area contributed by atoms with Crippen molar-refractivity contribution in [3.63, 3.8) is 0 Å². The van der Waals surface area contributed by atoms with Gasteiger partial charge in [0.05, 0.1) is 6.20 Å². The molecule has 0 aromatic carbocycles. The monoisotopic (exact) mass is 224 g/mol. The maximum atomic E-state index is 11.8. The summed E-state index contributed by atoms with van der Waals surface area (Å²) >= 11 is 0. The van der Waals surface area contributed by atoms with Crippen LogP contribution in [0.25, 0.3) is 0 Å². The van der Waals surface area contributed by atoms with Gasteiger partial charge in [0.1, 0.15) is 6.04 Å². The lowest BCUT2D eigenvalue weighted by Gasteiger charge is -2.21. The van der Waals surface area contributed by atoms with Crippen LogP contribution in [0.5, 0.6) is 0 Å². The lowest BCUT2D eigenvalue weighted by atomic mass is 10.2. The number of H-pyrrole nitrogens is 1. The van der Waals surface area contributed by atoms with Crippen molar-refractivity contribution in [2.75, 3.05) is 7.05 Å². The van der Waals surface area contributed by atoms with Gasteiger partial charge in [-0.15, -0.1) is 0 Å². The summed E-state index contributed by atoms with van der Waals surface area (Å²) in [6.45, 7) is 3.52. The average molecular weight is 224 g/mol. The standard InChI is InChI=1S/C10H16N4O2/c1-7(13-8(2)15)10(16)14(3)6-9-4-11-12-5-9/h4-5,7H,6H2,1-3H3,(H,11,12)(H,13,15). The molecule has 6 nitrogen and oxygen atoms in total. The van der Waals surface area contributed by atoms with E-state index < -0.39 is 6.04 Å². The number of carbonyl (C=O) groups is 2. The first-order valence-electron chi connectivity index (χ1n) is 5.00. The van der Waals surface area contributed by atoms with E-state index in [0.29, 0.717) is 6.54 Å². The van der Waals surface area contributed by atoms with Crippen molar-refractivity contribution in [2.45, 2.75) is 26.4 Å². The van der Waals surface area contributed by atoms with Crippen molar-refractivity contribution >= 4 is 11.8 Å². The first-order chi connectivity index (χ1) is 7.50. The largest absolute Gasteiger partial charge is 0.345 e. The van der Waals surface area contributed by atoms with Crippen LogP contribution in [0.2, 0.25) is 0 Å². The maximum absolute atomic E-state index is 11.8. The van der Waals surface area contributed by atoms with E-state index >= 15 is 0 Å². The van der Waals surface area contributed by atoms with Gasteiger partial charge in [0.15, 0.2) is 0 Å².